The van der Waals surface area contributed by atoms with Crippen molar-refractivity contribution in [3.05, 3.63) is 22.4 Å². The van der Waals surface area contributed by atoms with E-state index in [1.807, 2.05) is 11.3 Å². The predicted molar refractivity (Wildman–Crippen MR) is 85.9 cm³/mol. The maximum atomic E-state index is 6.21. The first-order valence-electron chi connectivity index (χ1n) is 7.53. The van der Waals surface area contributed by atoms with Crippen molar-refractivity contribution in [1.82, 2.24) is 4.90 Å². The van der Waals surface area contributed by atoms with Gasteiger partial charge in [-0.2, -0.15) is 0 Å². The Hall–Kier alpha value is -1.03. The van der Waals surface area contributed by atoms with Crippen molar-refractivity contribution in [3.63, 3.8) is 0 Å². The van der Waals surface area contributed by atoms with E-state index in [4.69, 9.17) is 5.73 Å². The molecular formula is C16H25N3S. The highest BCUT2D eigenvalue weighted by molar-refractivity contribution is 7.09. The minimum Gasteiger partial charge on any atom is -0.370 e. The summed E-state index contributed by atoms with van der Waals surface area (Å²) in [5, 5.41) is 2.14. The van der Waals surface area contributed by atoms with Crippen LogP contribution in [0.1, 0.15) is 44.9 Å². The van der Waals surface area contributed by atoms with Gasteiger partial charge >= 0.3 is 0 Å². The lowest BCUT2D eigenvalue weighted by Crippen LogP contribution is -2.58. The summed E-state index contributed by atoms with van der Waals surface area (Å²) in [5.74, 6) is 1.38. The standard InChI is InChI=1S/C16H25N3S/c1-12-9-15(2,3)6-7-16(12)11-18-14(17)19(16)10-13-5-4-8-20-13/h4-5,8,12H,6-7,9-11H2,1-3H3,(H2,17,18). The minimum atomic E-state index is 0.156. The Morgan fingerprint density at radius 2 is 2.25 bits per heavy atom. The number of rotatable bonds is 2. The summed E-state index contributed by atoms with van der Waals surface area (Å²) < 4.78 is 0. The van der Waals surface area contributed by atoms with Gasteiger partial charge in [0.2, 0.25) is 0 Å². The van der Waals surface area contributed by atoms with Gasteiger partial charge in [0, 0.05) is 4.88 Å². The van der Waals surface area contributed by atoms with Gasteiger partial charge in [-0.05, 0) is 42.0 Å². The first-order chi connectivity index (χ1) is 9.43. The van der Waals surface area contributed by atoms with Gasteiger partial charge in [0.05, 0.1) is 18.6 Å². The molecule has 0 amide bonds. The van der Waals surface area contributed by atoms with Gasteiger partial charge in [-0.3, -0.25) is 4.99 Å². The number of hydrogen-bond acceptors (Lipinski definition) is 4. The van der Waals surface area contributed by atoms with Crippen LogP contribution in [0.4, 0.5) is 0 Å². The highest BCUT2D eigenvalue weighted by Crippen LogP contribution is 2.48. The Labute approximate surface area is 125 Å². The van der Waals surface area contributed by atoms with E-state index in [9.17, 15) is 0 Å². The molecule has 3 nitrogen and oxygen atoms in total. The molecule has 1 aromatic rings. The lowest BCUT2D eigenvalue weighted by molar-refractivity contribution is 0.0251. The summed E-state index contributed by atoms with van der Waals surface area (Å²) in [6, 6.07) is 4.31. The lowest BCUT2D eigenvalue weighted by Gasteiger charge is -2.51. The topological polar surface area (TPSA) is 41.6 Å². The van der Waals surface area contributed by atoms with Gasteiger partial charge in [0.1, 0.15) is 0 Å². The quantitative estimate of drug-likeness (QED) is 0.906. The second-order valence-corrected chi connectivity index (χ2v) is 8.25. The molecule has 0 saturated heterocycles. The average molecular weight is 291 g/mol. The maximum absolute atomic E-state index is 6.21. The smallest absolute Gasteiger partial charge is 0.192 e. The van der Waals surface area contributed by atoms with Crippen molar-refractivity contribution in [2.75, 3.05) is 6.54 Å². The third-order valence-electron chi connectivity index (χ3n) is 5.23. The summed E-state index contributed by atoms with van der Waals surface area (Å²) in [6.45, 7) is 8.95. The first-order valence-corrected chi connectivity index (χ1v) is 8.41. The van der Waals surface area contributed by atoms with E-state index in [-0.39, 0.29) is 5.54 Å². The van der Waals surface area contributed by atoms with Crippen molar-refractivity contribution in [3.8, 4) is 0 Å². The van der Waals surface area contributed by atoms with Crippen LogP contribution in [0.25, 0.3) is 0 Å². The molecule has 2 N–H and O–H groups in total. The summed E-state index contributed by atoms with van der Waals surface area (Å²) in [7, 11) is 0. The summed E-state index contributed by atoms with van der Waals surface area (Å²) in [4.78, 5) is 8.36. The molecule has 2 atom stereocenters. The zero-order valence-electron chi connectivity index (χ0n) is 12.7. The van der Waals surface area contributed by atoms with Crippen LogP contribution in [0.15, 0.2) is 22.5 Å². The fourth-order valence-corrected chi connectivity index (χ4v) is 4.66. The molecule has 2 heterocycles. The van der Waals surface area contributed by atoms with E-state index in [1.54, 1.807) is 0 Å². The van der Waals surface area contributed by atoms with Crippen LogP contribution in [-0.4, -0.2) is 22.9 Å². The Morgan fingerprint density at radius 3 is 2.90 bits per heavy atom. The summed E-state index contributed by atoms with van der Waals surface area (Å²) >= 11 is 1.81. The average Bonchev–Trinajstić information content (AvgIpc) is 2.97. The number of guanidine groups is 1. The Morgan fingerprint density at radius 1 is 1.45 bits per heavy atom. The van der Waals surface area contributed by atoms with Crippen LogP contribution in [0.2, 0.25) is 0 Å². The normalized spacial score (nSPS) is 32.6. The molecule has 1 aliphatic heterocycles. The minimum absolute atomic E-state index is 0.156. The van der Waals surface area contributed by atoms with Crippen molar-refractivity contribution >= 4 is 17.3 Å². The molecule has 20 heavy (non-hydrogen) atoms. The van der Waals surface area contributed by atoms with E-state index in [2.05, 4.69) is 48.2 Å². The fraction of sp³-hybridized carbons (Fsp3) is 0.688. The zero-order chi connectivity index (χ0) is 14.4. The van der Waals surface area contributed by atoms with Crippen molar-refractivity contribution in [2.24, 2.45) is 22.1 Å². The summed E-state index contributed by atoms with van der Waals surface area (Å²) in [5.41, 5.74) is 6.82. The molecule has 0 radical (unpaired) electrons. The third kappa shape index (κ3) is 2.24. The van der Waals surface area contributed by atoms with E-state index in [0.717, 1.165) is 19.0 Å². The highest BCUT2D eigenvalue weighted by atomic mass is 32.1. The van der Waals surface area contributed by atoms with Crippen molar-refractivity contribution in [1.29, 1.82) is 0 Å². The number of thiophene rings is 1. The van der Waals surface area contributed by atoms with Crippen molar-refractivity contribution in [2.45, 2.75) is 52.1 Å². The van der Waals surface area contributed by atoms with Crippen LogP contribution in [0.3, 0.4) is 0 Å². The van der Waals surface area contributed by atoms with Gasteiger partial charge in [0.15, 0.2) is 5.96 Å². The van der Waals surface area contributed by atoms with E-state index < -0.39 is 0 Å². The SMILES string of the molecule is CC1CC(C)(C)CCC12CN=C(N)N2Cc1cccs1. The van der Waals surface area contributed by atoms with Gasteiger partial charge < -0.3 is 10.6 Å². The van der Waals surface area contributed by atoms with Crippen LogP contribution in [-0.2, 0) is 6.54 Å². The number of nitrogens with two attached hydrogens (primary N) is 1. The van der Waals surface area contributed by atoms with E-state index >= 15 is 0 Å². The predicted octanol–water partition coefficient (Wildman–Crippen LogP) is 3.46. The number of nitrogens with zero attached hydrogens (tertiary/aromatic N) is 2. The fourth-order valence-electron chi connectivity index (χ4n) is 3.97. The Balaban J connectivity index is 1.85. The van der Waals surface area contributed by atoms with Crippen LogP contribution >= 0.6 is 11.3 Å². The second kappa shape index (κ2) is 4.76. The lowest BCUT2D eigenvalue weighted by atomic mass is 9.63. The molecular weight excluding hydrogens is 266 g/mol. The molecule has 1 aromatic heterocycles. The maximum Gasteiger partial charge on any atom is 0.192 e. The number of hydrogen-bond donors (Lipinski definition) is 1. The molecule has 1 saturated carbocycles. The molecule has 2 aliphatic rings. The monoisotopic (exact) mass is 291 g/mol. The number of aliphatic imine (C=N–C) groups is 1. The first kappa shape index (κ1) is 13.9. The molecule has 3 rings (SSSR count). The van der Waals surface area contributed by atoms with Crippen molar-refractivity contribution < 1.29 is 0 Å². The Bertz CT molecular complexity index is 506. The zero-order valence-corrected chi connectivity index (χ0v) is 13.5. The van der Waals surface area contributed by atoms with Gasteiger partial charge in [-0.25, -0.2) is 0 Å². The molecule has 2 unspecified atom stereocenters. The molecule has 4 heteroatoms. The van der Waals surface area contributed by atoms with E-state index in [0.29, 0.717) is 11.3 Å². The van der Waals surface area contributed by atoms with Gasteiger partial charge in [-0.15, -0.1) is 11.3 Å². The van der Waals surface area contributed by atoms with Gasteiger partial charge in [0.25, 0.3) is 0 Å². The molecule has 0 bridgehead atoms. The second-order valence-electron chi connectivity index (χ2n) is 7.21. The molecule has 110 valence electrons. The molecule has 1 aliphatic carbocycles. The van der Waals surface area contributed by atoms with E-state index in [1.165, 1.54) is 24.1 Å². The molecule has 1 spiro atoms. The van der Waals surface area contributed by atoms with Crippen LogP contribution in [0.5, 0.6) is 0 Å². The van der Waals surface area contributed by atoms with Crippen LogP contribution < -0.4 is 5.73 Å². The van der Waals surface area contributed by atoms with Crippen LogP contribution in [0, 0.1) is 11.3 Å². The Kier molecular flexibility index (Phi) is 3.32. The third-order valence-corrected chi connectivity index (χ3v) is 6.09. The highest BCUT2D eigenvalue weighted by Gasteiger charge is 2.50. The largest absolute Gasteiger partial charge is 0.370 e. The van der Waals surface area contributed by atoms with Gasteiger partial charge in [-0.1, -0.05) is 26.8 Å². The molecule has 0 aromatic carbocycles. The molecule has 1 fully saturated rings. The summed E-state index contributed by atoms with van der Waals surface area (Å²) in [6.07, 6.45) is 3.73.